The molecule has 1 N–H and O–H groups in total. The van der Waals surface area contributed by atoms with Crippen LogP contribution in [0.2, 0.25) is 0 Å². The molecule has 0 spiro atoms. The maximum absolute atomic E-state index is 5.98. The molecule has 1 saturated heterocycles. The van der Waals surface area contributed by atoms with E-state index in [2.05, 4.69) is 23.5 Å². The number of hydrogen-bond acceptors (Lipinski definition) is 3. The molecule has 2 fully saturated rings. The average Bonchev–Trinajstić information content (AvgIpc) is 2.44. The van der Waals surface area contributed by atoms with Gasteiger partial charge >= 0.3 is 0 Å². The molecule has 2 aliphatic rings. The van der Waals surface area contributed by atoms with Gasteiger partial charge in [0.1, 0.15) is 0 Å². The highest BCUT2D eigenvalue weighted by Gasteiger charge is 2.22. The molecular weight excluding hydrogens is 238 g/mol. The third kappa shape index (κ3) is 2.86. The first-order chi connectivity index (χ1) is 9.36. The number of ether oxygens (including phenoxy) is 2. The van der Waals surface area contributed by atoms with Gasteiger partial charge in [0.15, 0.2) is 11.5 Å². The Bertz CT molecular complexity index is 423. The molecule has 3 heteroatoms. The van der Waals surface area contributed by atoms with Crippen LogP contribution in [0.1, 0.15) is 43.6 Å². The molecule has 0 bridgehead atoms. The summed E-state index contributed by atoms with van der Waals surface area (Å²) >= 11 is 0. The Morgan fingerprint density at radius 3 is 2.47 bits per heavy atom. The molecule has 104 valence electrons. The van der Waals surface area contributed by atoms with Crippen molar-refractivity contribution in [2.75, 3.05) is 20.2 Å². The summed E-state index contributed by atoms with van der Waals surface area (Å²) in [4.78, 5) is 0. The Morgan fingerprint density at radius 2 is 1.84 bits per heavy atom. The van der Waals surface area contributed by atoms with Crippen LogP contribution in [0.25, 0.3) is 0 Å². The number of hydrogen-bond donors (Lipinski definition) is 1. The Morgan fingerprint density at radius 1 is 1.05 bits per heavy atom. The first-order valence-electron chi connectivity index (χ1n) is 7.42. The summed E-state index contributed by atoms with van der Waals surface area (Å²) < 4.78 is 11.5. The second kappa shape index (κ2) is 5.83. The van der Waals surface area contributed by atoms with Crippen molar-refractivity contribution in [1.82, 2.24) is 5.32 Å². The van der Waals surface area contributed by atoms with Crippen molar-refractivity contribution in [2.24, 2.45) is 0 Å². The standard InChI is InChI=1S/C16H23NO2/c1-18-16-11-13(12-7-9-17-10-8-12)5-6-15(16)19-14-3-2-4-14/h5-6,11-12,14,17H,2-4,7-10H2,1H3. The zero-order chi connectivity index (χ0) is 13.1. The van der Waals surface area contributed by atoms with E-state index in [1.54, 1.807) is 7.11 Å². The highest BCUT2D eigenvalue weighted by molar-refractivity contribution is 5.44. The number of rotatable bonds is 4. The molecule has 1 aromatic rings. The molecule has 0 amide bonds. The molecule has 3 rings (SSSR count). The first-order valence-corrected chi connectivity index (χ1v) is 7.42. The van der Waals surface area contributed by atoms with Crippen LogP contribution in [-0.4, -0.2) is 26.3 Å². The van der Waals surface area contributed by atoms with E-state index in [0.717, 1.165) is 24.6 Å². The van der Waals surface area contributed by atoms with Crippen molar-refractivity contribution < 1.29 is 9.47 Å². The van der Waals surface area contributed by atoms with Crippen molar-refractivity contribution in [3.63, 3.8) is 0 Å². The first kappa shape index (κ1) is 12.8. The highest BCUT2D eigenvalue weighted by Crippen LogP contribution is 2.36. The van der Waals surface area contributed by atoms with Crippen LogP contribution in [0.4, 0.5) is 0 Å². The number of benzene rings is 1. The maximum atomic E-state index is 5.98. The Balaban J connectivity index is 1.75. The van der Waals surface area contributed by atoms with E-state index < -0.39 is 0 Å². The zero-order valence-electron chi connectivity index (χ0n) is 11.7. The van der Waals surface area contributed by atoms with Gasteiger partial charge in [0.25, 0.3) is 0 Å². The fourth-order valence-corrected chi connectivity index (χ4v) is 2.86. The lowest BCUT2D eigenvalue weighted by Gasteiger charge is -2.28. The van der Waals surface area contributed by atoms with Crippen LogP contribution in [0.15, 0.2) is 18.2 Å². The van der Waals surface area contributed by atoms with Crippen molar-refractivity contribution in [3.8, 4) is 11.5 Å². The molecule has 3 nitrogen and oxygen atoms in total. The van der Waals surface area contributed by atoms with E-state index in [1.165, 1.54) is 37.7 Å². The predicted molar refractivity (Wildman–Crippen MR) is 76.1 cm³/mol. The molecule has 0 aromatic heterocycles. The molecule has 1 saturated carbocycles. The fourth-order valence-electron chi connectivity index (χ4n) is 2.86. The summed E-state index contributed by atoms with van der Waals surface area (Å²) in [5.41, 5.74) is 1.39. The third-order valence-corrected chi connectivity index (χ3v) is 4.34. The molecule has 1 aliphatic heterocycles. The highest BCUT2D eigenvalue weighted by atomic mass is 16.5. The smallest absolute Gasteiger partial charge is 0.161 e. The lowest BCUT2D eigenvalue weighted by atomic mass is 9.90. The lowest BCUT2D eigenvalue weighted by Crippen LogP contribution is -2.26. The summed E-state index contributed by atoms with van der Waals surface area (Å²) in [7, 11) is 1.73. The lowest BCUT2D eigenvalue weighted by molar-refractivity contribution is 0.116. The second-order valence-electron chi connectivity index (χ2n) is 5.61. The molecule has 0 atom stereocenters. The number of nitrogens with one attached hydrogen (secondary N) is 1. The van der Waals surface area contributed by atoms with Crippen LogP contribution in [0.5, 0.6) is 11.5 Å². The van der Waals surface area contributed by atoms with Crippen LogP contribution in [-0.2, 0) is 0 Å². The molecule has 1 aromatic carbocycles. The molecule has 19 heavy (non-hydrogen) atoms. The maximum Gasteiger partial charge on any atom is 0.161 e. The number of methoxy groups -OCH3 is 1. The largest absolute Gasteiger partial charge is 0.493 e. The van der Waals surface area contributed by atoms with E-state index in [-0.39, 0.29) is 0 Å². The van der Waals surface area contributed by atoms with Crippen molar-refractivity contribution in [3.05, 3.63) is 23.8 Å². The summed E-state index contributed by atoms with van der Waals surface area (Å²) in [5, 5.41) is 3.41. The van der Waals surface area contributed by atoms with Crippen molar-refractivity contribution >= 4 is 0 Å². The minimum Gasteiger partial charge on any atom is -0.493 e. The van der Waals surface area contributed by atoms with Gasteiger partial charge in [-0.3, -0.25) is 0 Å². The SMILES string of the molecule is COc1cc(C2CCNCC2)ccc1OC1CCC1. The van der Waals surface area contributed by atoms with Crippen LogP contribution < -0.4 is 14.8 Å². The topological polar surface area (TPSA) is 30.5 Å². The van der Waals surface area contributed by atoms with Gasteiger partial charge in [-0.15, -0.1) is 0 Å². The van der Waals surface area contributed by atoms with Crippen molar-refractivity contribution in [1.29, 1.82) is 0 Å². The van der Waals surface area contributed by atoms with Gasteiger partial charge in [0, 0.05) is 0 Å². The van der Waals surface area contributed by atoms with Gasteiger partial charge in [0.2, 0.25) is 0 Å². The molecule has 1 aliphatic carbocycles. The molecule has 0 radical (unpaired) electrons. The van der Waals surface area contributed by atoms with E-state index in [4.69, 9.17) is 9.47 Å². The average molecular weight is 261 g/mol. The van der Waals surface area contributed by atoms with Crippen LogP contribution in [0, 0.1) is 0 Å². The Hall–Kier alpha value is -1.22. The monoisotopic (exact) mass is 261 g/mol. The summed E-state index contributed by atoms with van der Waals surface area (Å²) in [6.45, 7) is 2.24. The second-order valence-corrected chi connectivity index (χ2v) is 5.61. The normalized spacial score (nSPS) is 20.9. The Labute approximate surface area is 115 Å². The minimum absolute atomic E-state index is 0.402. The van der Waals surface area contributed by atoms with E-state index in [9.17, 15) is 0 Å². The third-order valence-electron chi connectivity index (χ3n) is 4.34. The van der Waals surface area contributed by atoms with Gasteiger partial charge in [-0.1, -0.05) is 6.07 Å². The summed E-state index contributed by atoms with van der Waals surface area (Å²) in [5.74, 6) is 2.46. The molecule has 0 unspecified atom stereocenters. The van der Waals surface area contributed by atoms with Crippen molar-refractivity contribution in [2.45, 2.75) is 44.1 Å². The summed E-state index contributed by atoms with van der Waals surface area (Å²) in [6, 6.07) is 6.48. The van der Waals surface area contributed by atoms with Gasteiger partial charge < -0.3 is 14.8 Å². The van der Waals surface area contributed by atoms with E-state index in [0.29, 0.717) is 12.0 Å². The van der Waals surface area contributed by atoms with Crippen LogP contribution >= 0.6 is 0 Å². The van der Waals surface area contributed by atoms with E-state index >= 15 is 0 Å². The molecule has 1 heterocycles. The zero-order valence-corrected chi connectivity index (χ0v) is 11.7. The van der Waals surface area contributed by atoms with E-state index in [1.807, 2.05) is 0 Å². The van der Waals surface area contributed by atoms with Crippen LogP contribution in [0.3, 0.4) is 0 Å². The quantitative estimate of drug-likeness (QED) is 0.903. The fraction of sp³-hybridized carbons (Fsp3) is 0.625. The van der Waals surface area contributed by atoms with Gasteiger partial charge in [-0.25, -0.2) is 0 Å². The molecular formula is C16H23NO2. The summed E-state index contributed by atoms with van der Waals surface area (Å²) in [6.07, 6.45) is 6.48. The van der Waals surface area contributed by atoms with Gasteiger partial charge in [-0.2, -0.15) is 0 Å². The Kier molecular flexibility index (Phi) is 3.92. The van der Waals surface area contributed by atoms with Gasteiger partial charge in [-0.05, 0) is 68.8 Å². The predicted octanol–water partition coefficient (Wildman–Crippen LogP) is 3.09. The number of piperidine rings is 1. The van der Waals surface area contributed by atoms with Gasteiger partial charge in [0.05, 0.1) is 13.2 Å². The minimum atomic E-state index is 0.402.